The molecule has 0 unspecified atom stereocenters. The summed E-state index contributed by atoms with van der Waals surface area (Å²) in [7, 11) is 1.55. The van der Waals surface area contributed by atoms with E-state index in [0.29, 0.717) is 34.1 Å². The minimum Gasteiger partial charge on any atom is -0.493 e. The monoisotopic (exact) mass is 382 g/mol. The van der Waals surface area contributed by atoms with Crippen LogP contribution in [0, 0.1) is 5.92 Å². The van der Waals surface area contributed by atoms with Crippen LogP contribution < -0.4 is 14.9 Å². The Labute approximate surface area is 145 Å². The first-order chi connectivity index (χ1) is 11.0. The number of hydrogen-bond acceptors (Lipinski definition) is 4. The van der Waals surface area contributed by atoms with Crippen LogP contribution in [0.15, 0.2) is 21.7 Å². The summed E-state index contributed by atoms with van der Waals surface area (Å²) in [6, 6.07) is 3.38. The zero-order valence-corrected chi connectivity index (χ0v) is 15.4. The maximum atomic E-state index is 12.3. The summed E-state index contributed by atoms with van der Waals surface area (Å²) in [6.07, 6.45) is 4.28. The van der Waals surface area contributed by atoms with Gasteiger partial charge in [-0.15, -0.1) is 0 Å². The van der Waals surface area contributed by atoms with Crippen molar-refractivity contribution in [2.45, 2.75) is 39.5 Å². The van der Waals surface area contributed by atoms with E-state index < -0.39 is 0 Å². The molecule has 0 saturated heterocycles. The molecule has 23 heavy (non-hydrogen) atoms. The van der Waals surface area contributed by atoms with Gasteiger partial charge in [0.25, 0.3) is 5.91 Å². The van der Waals surface area contributed by atoms with Crippen LogP contribution in [-0.2, 0) is 0 Å². The molecule has 1 aliphatic rings. The molecule has 1 aliphatic carbocycles. The molecule has 1 amide bonds. The summed E-state index contributed by atoms with van der Waals surface area (Å²) < 4.78 is 11.5. The van der Waals surface area contributed by atoms with Crippen LogP contribution in [-0.4, -0.2) is 25.3 Å². The van der Waals surface area contributed by atoms with Crippen LogP contribution >= 0.6 is 15.9 Å². The van der Waals surface area contributed by atoms with Gasteiger partial charge in [0, 0.05) is 11.3 Å². The number of nitrogens with one attached hydrogen (secondary N) is 1. The zero-order valence-electron chi connectivity index (χ0n) is 13.8. The lowest BCUT2D eigenvalue weighted by Crippen LogP contribution is -2.22. The van der Waals surface area contributed by atoms with E-state index in [9.17, 15) is 4.79 Å². The molecule has 1 aromatic carbocycles. The minimum absolute atomic E-state index is 0.252. The van der Waals surface area contributed by atoms with Crippen molar-refractivity contribution in [1.29, 1.82) is 0 Å². The number of nitrogens with zero attached hydrogens (tertiary/aromatic N) is 1. The fraction of sp³-hybridized carbons (Fsp3) is 0.529. The molecule has 0 bridgehead atoms. The third-order valence-corrected chi connectivity index (χ3v) is 4.43. The number of amides is 1. The fourth-order valence-electron chi connectivity index (χ4n) is 2.69. The van der Waals surface area contributed by atoms with Crippen molar-refractivity contribution in [3.05, 3.63) is 22.2 Å². The first-order valence-electron chi connectivity index (χ1n) is 7.91. The number of carbonyl (C=O) groups is 1. The number of methoxy groups -OCH3 is 1. The average molecular weight is 383 g/mol. The first kappa shape index (κ1) is 17.8. The SMILES string of the molecule is CCOc1c(Br)cc(C(=O)N/N=C2/CCC[C@@H](C)C2)cc1OC. The lowest BCUT2D eigenvalue weighted by molar-refractivity contribution is 0.0954. The van der Waals surface area contributed by atoms with Gasteiger partial charge in [0.2, 0.25) is 0 Å². The standard InChI is InChI=1S/C17H23BrN2O3/c1-4-23-16-14(18)9-12(10-15(16)22-3)17(21)20-19-13-7-5-6-11(2)8-13/h9-11H,4-8H2,1-3H3,(H,20,21)/b19-13-/t11-/m1/s1. The summed E-state index contributed by atoms with van der Waals surface area (Å²) in [5, 5.41) is 4.28. The fourth-order valence-corrected chi connectivity index (χ4v) is 3.25. The summed E-state index contributed by atoms with van der Waals surface area (Å²) in [4.78, 5) is 12.3. The molecule has 6 heteroatoms. The Bertz CT molecular complexity index is 602. The van der Waals surface area contributed by atoms with Crippen molar-refractivity contribution in [2.24, 2.45) is 11.0 Å². The molecule has 0 heterocycles. The Hall–Kier alpha value is -1.56. The molecule has 1 atom stereocenters. The molecule has 1 saturated carbocycles. The largest absolute Gasteiger partial charge is 0.493 e. The second-order valence-electron chi connectivity index (χ2n) is 5.74. The van der Waals surface area contributed by atoms with Gasteiger partial charge in [0.15, 0.2) is 11.5 Å². The highest BCUT2D eigenvalue weighted by atomic mass is 79.9. The number of hydrogen-bond donors (Lipinski definition) is 1. The van der Waals surface area contributed by atoms with Gasteiger partial charge >= 0.3 is 0 Å². The highest BCUT2D eigenvalue weighted by Gasteiger charge is 2.17. The smallest absolute Gasteiger partial charge is 0.271 e. The van der Waals surface area contributed by atoms with Gasteiger partial charge in [-0.3, -0.25) is 4.79 Å². The number of hydrazone groups is 1. The van der Waals surface area contributed by atoms with Crippen LogP contribution in [0.5, 0.6) is 11.5 Å². The highest BCUT2D eigenvalue weighted by molar-refractivity contribution is 9.10. The van der Waals surface area contributed by atoms with Crippen molar-refractivity contribution in [3.8, 4) is 11.5 Å². The van der Waals surface area contributed by atoms with Gasteiger partial charge in [0.1, 0.15) is 0 Å². The Morgan fingerprint density at radius 2 is 2.26 bits per heavy atom. The number of rotatable bonds is 5. The molecule has 5 nitrogen and oxygen atoms in total. The lowest BCUT2D eigenvalue weighted by Gasteiger charge is -2.19. The Kier molecular flexibility index (Phi) is 6.45. The molecule has 2 rings (SSSR count). The number of ether oxygens (including phenoxy) is 2. The topological polar surface area (TPSA) is 59.9 Å². The van der Waals surface area contributed by atoms with Gasteiger partial charge in [-0.25, -0.2) is 5.43 Å². The number of benzene rings is 1. The van der Waals surface area contributed by atoms with Crippen LogP contribution in [0.1, 0.15) is 49.9 Å². The zero-order chi connectivity index (χ0) is 16.8. The van der Waals surface area contributed by atoms with E-state index in [1.54, 1.807) is 19.2 Å². The van der Waals surface area contributed by atoms with Crippen molar-refractivity contribution in [3.63, 3.8) is 0 Å². The van der Waals surface area contributed by atoms with E-state index >= 15 is 0 Å². The Morgan fingerprint density at radius 3 is 2.91 bits per heavy atom. The molecule has 0 spiro atoms. The van der Waals surface area contributed by atoms with Crippen molar-refractivity contribution < 1.29 is 14.3 Å². The average Bonchev–Trinajstić information content (AvgIpc) is 2.54. The maximum Gasteiger partial charge on any atom is 0.271 e. The van der Waals surface area contributed by atoms with Gasteiger partial charge in [-0.1, -0.05) is 6.92 Å². The van der Waals surface area contributed by atoms with E-state index in [1.165, 1.54) is 6.42 Å². The Morgan fingerprint density at radius 1 is 1.48 bits per heavy atom. The summed E-state index contributed by atoms with van der Waals surface area (Å²) in [5.74, 6) is 1.50. The van der Waals surface area contributed by atoms with Gasteiger partial charge < -0.3 is 9.47 Å². The lowest BCUT2D eigenvalue weighted by atomic mass is 9.89. The van der Waals surface area contributed by atoms with Crippen molar-refractivity contribution in [1.82, 2.24) is 5.43 Å². The minimum atomic E-state index is -0.252. The van der Waals surface area contributed by atoms with E-state index in [4.69, 9.17) is 9.47 Å². The molecule has 0 aliphatic heterocycles. The molecule has 0 aromatic heterocycles. The normalized spacial score (nSPS) is 19.5. The second kappa shape index (κ2) is 8.34. The Balaban J connectivity index is 2.13. The van der Waals surface area contributed by atoms with Crippen LogP contribution in [0.25, 0.3) is 0 Å². The molecule has 126 valence electrons. The third-order valence-electron chi connectivity index (χ3n) is 3.84. The first-order valence-corrected chi connectivity index (χ1v) is 8.70. The highest BCUT2D eigenvalue weighted by Crippen LogP contribution is 2.36. The van der Waals surface area contributed by atoms with Crippen LogP contribution in [0.3, 0.4) is 0 Å². The number of carbonyl (C=O) groups excluding carboxylic acids is 1. The van der Waals surface area contributed by atoms with E-state index in [0.717, 1.165) is 25.0 Å². The summed E-state index contributed by atoms with van der Waals surface area (Å²) >= 11 is 3.42. The molecular formula is C17H23BrN2O3. The van der Waals surface area contributed by atoms with Crippen molar-refractivity contribution >= 4 is 27.5 Å². The van der Waals surface area contributed by atoms with E-state index in [-0.39, 0.29) is 5.91 Å². The molecule has 1 N–H and O–H groups in total. The van der Waals surface area contributed by atoms with Gasteiger partial charge in [-0.05, 0) is 66.6 Å². The summed E-state index contributed by atoms with van der Waals surface area (Å²) in [6.45, 7) is 4.63. The summed E-state index contributed by atoms with van der Waals surface area (Å²) in [5.41, 5.74) is 4.19. The van der Waals surface area contributed by atoms with Crippen LogP contribution in [0.4, 0.5) is 0 Å². The molecule has 1 fully saturated rings. The predicted molar refractivity (Wildman–Crippen MR) is 94.4 cm³/mol. The quantitative estimate of drug-likeness (QED) is 0.777. The van der Waals surface area contributed by atoms with E-state index in [1.807, 2.05) is 6.92 Å². The van der Waals surface area contributed by atoms with Gasteiger partial charge in [-0.2, -0.15) is 5.10 Å². The maximum absolute atomic E-state index is 12.3. The molecular weight excluding hydrogens is 360 g/mol. The molecule has 1 aromatic rings. The van der Waals surface area contributed by atoms with Crippen LogP contribution in [0.2, 0.25) is 0 Å². The third kappa shape index (κ3) is 4.70. The second-order valence-corrected chi connectivity index (χ2v) is 6.60. The number of halogens is 1. The van der Waals surface area contributed by atoms with Crippen molar-refractivity contribution in [2.75, 3.05) is 13.7 Å². The predicted octanol–water partition coefficient (Wildman–Crippen LogP) is 4.15. The van der Waals surface area contributed by atoms with Gasteiger partial charge in [0.05, 0.1) is 18.2 Å². The molecule has 0 radical (unpaired) electrons. The van der Waals surface area contributed by atoms with E-state index in [2.05, 4.69) is 33.4 Å².